The molecule has 6 nitrogen and oxygen atoms in total. The second-order valence-corrected chi connectivity index (χ2v) is 11.6. The van der Waals surface area contributed by atoms with E-state index in [0.29, 0.717) is 23.0 Å². The molecule has 1 aromatic carbocycles. The van der Waals surface area contributed by atoms with E-state index in [-0.39, 0.29) is 23.6 Å². The number of halogens is 3. The van der Waals surface area contributed by atoms with E-state index in [1.54, 1.807) is 12.4 Å². The molecule has 0 radical (unpaired) electrons. The van der Waals surface area contributed by atoms with Crippen LogP contribution in [0.2, 0.25) is 0 Å². The maximum atomic E-state index is 14.1. The fraction of sp³-hybridized carbons (Fsp3) is 0.500. The first kappa shape index (κ1) is 25.0. The van der Waals surface area contributed by atoms with Gasteiger partial charge in [-0.2, -0.15) is 13.2 Å². The van der Waals surface area contributed by atoms with Crippen molar-refractivity contribution in [1.82, 2.24) is 19.7 Å². The standard InChI is InChI=1S/C26H30F3N5OS/c1-16-6-5-9-33(12-16)13-17-10-18-19(20(11-17)26(27,28)29)14-34(23(18)35)22-8-7-21(36-22)25(2,3)24-31-30-15-32(24)4/h7-8,10-11,15-16H,5-6,9,12-14H2,1-4H3/t16-/m0/s1. The molecule has 0 aliphatic carbocycles. The normalized spacial score (nSPS) is 19.2. The molecule has 3 aromatic rings. The highest BCUT2D eigenvalue weighted by molar-refractivity contribution is 7.16. The molecule has 2 aliphatic heterocycles. The van der Waals surface area contributed by atoms with Gasteiger partial charge in [-0.15, -0.1) is 21.5 Å². The number of benzene rings is 1. The number of fused-ring (bicyclic) bond motifs is 1. The summed E-state index contributed by atoms with van der Waals surface area (Å²) in [6.45, 7) is 8.25. The average molecular weight is 518 g/mol. The van der Waals surface area contributed by atoms with Crippen molar-refractivity contribution in [2.24, 2.45) is 13.0 Å². The van der Waals surface area contributed by atoms with Crippen molar-refractivity contribution >= 4 is 22.2 Å². The van der Waals surface area contributed by atoms with Gasteiger partial charge in [0.15, 0.2) is 0 Å². The van der Waals surface area contributed by atoms with Crippen LogP contribution in [0.3, 0.4) is 0 Å². The van der Waals surface area contributed by atoms with Gasteiger partial charge in [-0.1, -0.05) is 6.92 Å². The van der Waals surface area contributed by atoms with Crippen LogP contribution in [-0.4, -0.2) is 38.7 Å². The maximum Gasteiger partial charge on any atom is 0.416 e. The Hall–Kier alpha value is -2.72. The van der Waals surface area contributed by atoms with E-state index in [0.717, 1.165) is 36.6 Å². The average Bonchev–Trinajstić information content (AvgIpc) is 3.52. The zero-order chi connectivity index (χ0) is 25.8. The molecule has 0 saturated carbocycles. The summed E-state index contributed by atoms with van der Waals surface area (Å²) >= 11 is 1.40. The summed E-state index contributed by atoms with van der Waals surface area (Å²) in [6.07, 6.45) is -0.721. The minimum atomic E-state index is -4.53. The molecule has 10 heteroatoms. The Labute approximate surface area is 212 Å². The molecule has 2 aliphatic rings. The summed E-state index contributed by atoms with van der Waals surface area (Å²) in [5.41, 5.74) is -0.412. The quantitative estimate of drug-likeness (QED) is 0.441. The van der Waals surface area contributed by atoms with Crippen molar-refractivity contribution < 1.29 is 18.0 Å². The van der Waals surface area contributed by atoms with E-state index in [4.69, 9.17) is 0 Å². The van der Waals surface area contributed by atoms with Crippen LogP contribution in [-0.2, 0) is 31.7 Å². The number of hydrogen-bond acceptors (Lipinski definition) is 5. The first-order valence-corrected chi connectivity index (χ1v) is 13.0. The maximum absolute atomic E-state index is 14.1. The summed E-state index contributed by atoms with van der Waals surface area (Å²) < 4.78 is 44.2. The lowest BCUT2D eigenvalue weighted by Crippen LogP contribution is -2.33. The summed E-state index contributed by atoms with van der Waals surface area (Å²) in [7, 11) is 1.87. The Balaban J connectivity index is 1.46. The van der Waals surface area contributed by atoms with Gasteiger partial charge < -0.3 is 4.57 Å². The fourth-order valence-electron chi connectivity index (χ4n) is 5.45. The first-order chi connectivity index (χ1) is 16.9. The third-order valence-electron chi connectivity index (χ3n) is 7.30. The van der Waals surface area contributed by atoms with Crippen molar-refractivity contribution in [3.63, 3.8) is 0 Å². The van der Waals surface area contributed by atoms with Gasteiger partial charge in [-0.25, -0.2) is 0 Å². The van der Waals surface area contributed by atoms with Crippen molar-refractivity contribution in [1.29, 1.82) is 0 Å². The summed E-state index contributed by atoms with van der Waals surface area (Å²) in [4.78, 5) is 18.0. The predicted molar refractivity (Wildman–Crippen MR) is 133 cm³/mol. The number of alkyl halides is 3. The highest BCUT2D eigenvalue weighted by atomic mass is 32.1. The highest BCUT2D eigenvalue weighted by Gasteiger charge is 2.41. The minimum absolute atomic E-state index is 0.0609. The Kier molecular flexibility index (Phi) is 6.23. The Morgan fingerprint density at radius 1 is 1.19 bits per heavy atom. The molecule has 1 fully saturated rings. The number of carbonyl (C=O) groups excluding carboxylic acids is 1. The smallest absolute Gasteiger partial charge is 0.320 e. The molecule has 0 bridgehead atoms. The number of likely N-dealkylation sites (tertiary alicyclic amines) is 1. The Bertz CT molecular complexity index is 1290. The predicted octanol–water partition coefficient (Wildman–Crippen LogP) is 5.61. The lowest BCUT2D eigenvalue weighted by Gasteiger charge is -2.31. The van der Waals surface area contributed by atoms with Gasteiger partial charge in [0.1, 0.15) is 12.2 Å². The van der Waals surface area contributed by atoms with Crippen LogP contribution >= 0.6 is 11.3 Å². The highest BCUT2D eigenvalue weighted by Crippen LogP contribution is 2.43. The van der Waals surface area contributed by atoms with E-state index in [1.807, 2.05) is 37.6 Å². The second-order valence-electron chi connectivity index (χ2n) is 10.6. The van der Waals surface area contributed by atoms with Crippen LogP contribution in [0.1, 0.15) is 71.4 Å². The first-order valence-electron chi connectivity index (χ1n) is 12.2. The van der Waals surface area contributed by atoms with Crippen LogP contribution in [0.15, 0.2) is 30.6 Å². The number of aromatic nitrogens is 3. The van der Waals surface area contributed by atoms with E-state index in [2.05, 4.69) is 22.0 Å². The molecule has 0 unspecified atom stereocenters. The second kappa shape index (κ2) is 8.99. The number of nitrogens with zero attached hydrogens (tertiary/aromatic N) is 5. The zero-order valence-electron chi connectivity index (χ0n) is 20.9. The van der Waals surface area contributed by atoms with Gasteiger partial charge >= 0.3 is 6.18 Å². The van der Waals surface area contributed by atoms with Crippen molar-refractivity contribution in [3.05, 3.63) is 63.5 Å². The van der Waals surface area contributed by atoms with Crippen LogP contribution < -0.4 is 4.90 Å². The molecule has 36 heavy (non-hydrogen) atoms. The van der Waals surface area contributed by atoms with Gasteiger partial charge in [-0.05, 0) is 74.5 Å². The monoisotopic (exact) mass is 517 g/mol. The number of piperidine rings is 1. The van der Waals surface area contributed by atoms with E-state index >= 15 is 0 Å². The van der Waals surface area contributed by atoms with Crippen molar-refractivity contribution in [3.8, 4) is 0 Å². The van der Waals surface area contributed by atoms with Gasteiger partial charge in [0.2, 0.25) is 0 Å². The van der Waals surface area contributed by atoms with Crippen LogP contribution in [0.25, 0.3) is 0 Å². The number of thiophene rings is 1. The van der Waals surface area contributed by atoms with Crippen LogP contribution in [0.5, 0.6) is 0 Å². The molecule has 0 N–H and O–H groups in total. The van der Waals surface area contributed by atoms with Gasteiger partial charge in [0.25, 0.3) is 5.91 Å². The Morgan fingerprint density at radius 3 is 2.64 bits per heavy atom. The zero-order valence-corrected chi connectivity index (χ0v) is 21.7. The molecular formula is C26H30F3N5OS. The number of aryl methyl sites for hydroxylation is 1. The topological polar surface area (TPSA) is 54.3 Å². The lowest BCUT2D eigenvalue weighted by molar-refractivity contribution is -0.138. The van der Waals surface area contributed by atoms with Gasteiger partial charge in [0, 0.05) is 30.6 Å². The number of amides is 1. The molecule has 1 saturated heterocycles. The number of carbonyl (C=O) groups is 1. The number of rotatable bonds is 5. The van der Waals surface area contributed by atoms with Crippen molar-refractivity contribution in [2.45, 2.75) is 58.3 Å². The van der Waals surface area contributed by atoms with E-state index < -0.39 is 17.2 Å². The molecule has 0 spiro atoms. The summed E-state index contributed by atoms with van der Waals surface area (Å²) in [6, 6.07) is 6.64. The molecule has 5 rings (SSSR count). The van der Waals surface area contributed by atoms with E-state index in [1.165, 1.54) is 22.3 Å². The molecule has 2 aromatic heterocycles. The lowest BCUT2D eigenvalue weighted by atomic mass is 9.90. The van der Waals surface area contributed by atoms with Crippen LogP contribution in [0.4, 0.5) is 18.2 Å². The third-order valence-corrected chi connectivity index (χ3v) is 8.73. The third kappa shape index (κ3) is 4.45. The summed E-state index contributed by atoms with van der Waals surface area (Å²) in [5.74, 6) is 0.906. The molecule has 4 heterocycles. The SMILES string of the molecule is C[C@H]1CCCN(Cc2cc3c(c(C(F)(F)F)c2)CN(c2ccc(C(C)(C)c4nncn4C)s2)C3=O)C1. The molecule has 192 valence electrons. The van der Waals surface area contributed by atoms with Gasteiger partial charge in [0.05, 0.1) is 22.5 Å². The van der Waals surface area contributed by atoms with Gasteiger partial charge in [-0.3, -0.25) is 14.6 Å². The number of hydrogen-bond donors (Lipinski definition) is 0. The Morgan fingerprint density at radius 2 is 1.97 bits per heavy atom. The summed E-state index contributed by atoms with van der Waals surface area (Å²) in [5, 5.41) is 8.82. The molecule has 1 atom stereocenters. The minimum Gasteiger partial charge on any atom is -0.320 e. The molecular weight excluding hydrogens is 487 g/mol. The largest absolute Gasteiger partial charge is 0.416 e. The van der Waals surface area contributed by atoms with Crippen molar-refractivity contribution in [2.75, 3.05) is 18.0 Å². The van der Waals surface area contributed by atoms with Crippen LogP contribution in [0, 0.1) is 5.92 Å². The molecule has 1 amide bonds. The fourth-order valence-corrected chi connectivity index (χ4v) is 6.55. The number of anilines is 1. The van der Waals surface area contributed by atoms with E-state index in [9.17, 15) is 18.0 Å².